The molecule has 1 aliphatic carbocycles. The van der Waals surface area contributed by atoms with E-state index < -0.39 is 0 Å². The lowest BCUT2D eigenvalue weighted by Gasteiger charge is -2.16. The van der Waals surface area contributed by atoms with Crippen LogP contribution in [-0.2, 0) is 0 Å². The van der Waals surface area contributed by atoms with E-state index in [4.69, 9.17) is 16.6 Å². The number of hydrogen-bond acceptors (Lipinski definition) is 3. The van der Waals surface area contributed by atoms with Crippen LogP contribution in [0.1, 0.15) is 12.6 Å². The molecule has 2 atom stereocenters. The van der Waals surface area contributed by atoms with Gasteiger partial charge in [0.2, 0.25) is 0 Å². The van der Waals surface area contributed by atoms with Crippen molar-refractivity contribution >= 4 is 50.1 Å². The first-order valence-corrected chi connectivity index (χ1v) is 9.27. The van der Waals surface area contributed by atoms with Crippen LogP contribution in [0.5, 0.6) is 0 Å². The van der Waals surface area contributed by atoms with Crippen molar-refractivity contribution in [3.8, 4) is 0 Å². The van der Waals surface area contributed by atoms with Crippen LogP contribution in [0.15, 0.2) is 66.1 Å². The lowest BCUT2D eigenvalue weighted by Crippen LogP contribution is -2.09. The third kappa shape index (κ3) is 2.97. The number of fused-ring (bicyclic) bond motifs is 1. The van der Waals surface area contributed by atoms with Gasteiger partial charge in [0.05, 0.1) is 11.1 Å². The van der Waals surface area contributed by atoms with E-state index in [1.165, 1.54) is 10.8 Å². The minimum absolute atomic E-state index is 0.0701. The number of allylic oxidation sites excluding steroid dienone is 4. The Labute approximate surface area is 150 Å². The minimum atomic E-state index is 0.0701. The molecule has 0 saturated carbocycles. The molecular formula is C20H17ClN2S. The van der Waals surface area contributed by atoms with E-state index in [0.717, 1.165) is 22.1 Å². The molecule has 0 amide bonds. The molecule has 0 spiro atoms. The molecule has 1 N–H and O–H groups in total. The average molecular weight is 353 g/mol. The SMILES string of the molecule is CC1C=C(c2csc(Nc3cccc4ccccc34)n2)C=CC1Cl. The highest BCUT2D eigenvalue weighted by Gasteiger charge is 2.16. The van der Waals surface area contributed by atoms with Gasteiger partial charge in [-0.1, -0.05) is 61.5 Å². The van der Waals surface area contributed by atoms with Gasteiger partial charge in [-0.25, -0.2) is 4.98 Å². The molecular weight excluding hydrogens is 336 g/mol. The van der Waals surface area contributed by atoms with Crippen LogP contribution in [0.2, 0.25) is 0 Å². The van der Waals surface area contributed by atoms with Gasteiger partial charge in [0.15, 0.2) is 5.13 Å². The van der Waals surface area contributed by atoms with Gasteiger partial charge in [0.1, 0.15) is 0 Å². The molecule has 120 valence electrons. The number of nitrogens with one attached hydrogen (secondary N) is 1. The summed E-state index contributed by atoms with van der Waals surface area (Å²) < 4.78 is 0. The van der Waals surface area contributed by atoms with E-state index in [1.807, 2.05) is 6.08 Å². The molecule has 4 rings (SSSR count). The van der Waals surface area contributed by atoms with Crippen molar-refractivity contribution in [3.05, 3.63) is 71.8 Å². The lowest BCUT2D eigenvalue weighted by atomic mass is 9.96. The van der Waals surface area contributed by atoms with Crippen LogP contribution in [-0.4, -0.2) is 10.4 Å². The van der Waals surface area contributed by atoms with E-state index in [1.54, 1.807) is 11.3 Å². The van der Waals surface area contributed by atoms with Crippen molar-refractivity contribution in [1.29, 1.82) is 0 Å². The number of benzene rings is 2. The number of hydrogen-bond donors (Lipinski definition) is 1. The van der Waals surface area contributed by atoms with Crippen molar-refractivity contribution in [2.24, 2.45) is 5.92 Å². The second-order valence-electron chi connectivity index (χ2n) is 5.97. The first-order valence-electron chi connectivity index (χ1n) is 7.95. The molecule has 2 unspecified atom stereocenters. The normalized spacial score (nSPS) is 20.2. The zero-order chi connectivity index (χ0) is 16.5. The summed E-state index contributed by atoms with van der Waals surface area (Å²) in [5.41, 5.74) is 3.22. The second-order valence-corrected chi connectivity index (χ2v) is 7.34. The molecule has 0 bridgehead atoms. The number of nitrogens with zero attached hydrogens (tertiary/aromatic N) is 1. The summed E-state index contributed by atoms with van der Waals surface area (Å²) in [5, 5.41) is 8.94. The van der Waals surface area contributed by atoms with E-state index >= 15 is 0 Å². The predicted octanol–water partition coefficient (Wildman–Crippen LogP) is 6.24. The standard InChI is InChI=1S/C20H17ClN2S/c1-13-11-15(9-10-17(13)21)19-12-24-20(23-19)22-18-8-4-6-14-5-2-3-7-16(14)18/h2-13,17H,1H3,(H,22,23). The van der Waals surface area contributed by atoms with Gasteiger partial charge in [0, 0.05) is 16.5 Å². The zero-order valence-electron chi connectivity index (χ0n) is 13.2. The van der Waals surface area contributed by atoms with E-state index in [0.29, 0.717) is 5.92 Å². The largest absolute Gasteiger partial charge is 0.331 e. The number of halogens is 1. The van der Waals surface area contributed by atoms with Crippen LogP contribution >= 0.6 is 22.9 Å². The lowest BCUT2D eigenvalue weighted by molar-refractivity contribution is 0.747. The molecule has 0 radical (unpaired) electrons. The highest BCUT2D eigenvalue weighted by atomic mass is 35.5. The van der Waals surface area contributed by atoms with Crippen molar-refractivity contribution in [2.75, 3.05) is 5.32 Å². The number of thiazole rings is 1. The Hall–Kier alpha value is -2.10. The maximum absolute atomic E-state index is 6.23. The Balaban J connectivity index is 1.62. The molecule has 0 fully saturated rings. The third-order valence-electron chi connectivity index (χ3n) is 4.24. The Kier molecular flexibility index (Phi) is 4.13. The van der Waals surface area contributed by atoms with Crippen molar-refractivity contribution in [2.45, 2.75) is 12.3 Å². The van der Waals surface area contributed by atoms with Crippen molar-refractivity contribution in [3.63, 3.8) is 0 Å². The fraction of sp³-hybridized carbons (Fsp3) is 0.150. The fourth-order valence-corrected chi connectivity index (χ4v) is 3.76. The van der Waals surface area contributed by atoms with Crippen molar-refractivity contribution in [1.82, 2.24) is 4.98 Å². The highest BCUT2D eigenvalue weighted by Crippen LogP contribution is 2.32. The molecule has 0 saturated heterocycles. The Bertz CT molecular complexity index is 936. The number of anilines is 2. The van der Waals surface area contributed by atoms with Crippen LogP contribution < -0.4 is 5.32 Å². The summed E-state index contributed by atoms with van der Waals surface area (Å²) in [6, 6.07) is 14.6. The molecule has 0 aliphatic heterocycles. The maximum atomic E-state index is 6.23. The molecule has 4 heteroatoms. The van der Waals surface area contributed by atoms with Crippen LogP contribution in [0.25, 0.3) is 16.3 Å². The van der Waals surface area contributed by atoms with Gasteiger partial charge in [-0.15, -0.1) is 22.9 Å². The minimum Gasteiger partial charge on any atom is -0.331 e. The highest BCUT2D eigenvalue weighted by molar-refractivity contribution is 7.13. The third-order valence-corrected chi connectivity index (χ3v) is 5.54. The molecule has 3 aromatic rings. The first-order chi connectivity index (χ1) is 11.7. The number of rotatable bonds is 3. The summed E-state index contributed by atoms with van der Waals surface area (Å²) in [4.78, 5) is 4.74. The Morgan fingerprint density at radius 2 is 1.96 bits per heavy atom. The van der Waals surface area contributed by atoms with Crippen LogP contribution in [0, 0.1) is 5.92 Å². The Morgan fingerprint density at radius 1 is 1.12 bits per heavy atom. The molecule has 1 aromatic heterocycles. The van der Waals surface area contributed by atoms with Gasteiger partial charge in [0.25, 0.3) is 0 Å². The fourth-order valence-electron chi connectivity index (χ4n) is 2.89. The molecule has 1 heterocycles. The van der Waals surface area contributed by atoms with Gasteiger partial charge >= 0.3 is 0 Å². The smallest absolute Gasteiger partial charge is 0.187 e. The monoisotopic (exact) mass is 352 g/mol. The summed E-state index contributed by atoms with van der Waals surface area (Å²) in [6.07, 6.45) is 6.29. The topological polar surface area (TPSA) is 24.9 Å². The predicted molar refractivity (Wildman–Crippen MR) is 105 cm³/mol. The summed E-state index contributed by atoms with van der Waals surface area (Å²) in [7, 11) is 0. The quantitative estimate of drug-likeness (QED) is 0.564. The van der Waals surface area contributed by atoms with Gasteiger partial charge < -0.3 is 5.32 Å². The molecule has 2 aromatic carbocycles. The van der Waals surface area contributed by atoms with Gasteiger partial charge in [-0.2, -0.15) is 0 Å². The van der Waals surface area contributed by atoms with Gasteiger partial charge in [-0.3, -0.25) is 0 Å². The molecule has 24 heavy (non-hydrogen) atoms. The molecule has 1 aliphatic rings. The van der Waals surface area contributed by atoms with E-state index in [2.05, 4.69) is 72.2 Å². The number of alkyl halides is 1. The Morgan fingerprint density at radius 3 is 2.83 bits per heavy atom. The second kappa shape index (κ2) is 6.42. The number of aromatic nitrogens is 1. The summed E-state index contributed by atoms with van der Waals surface area (Å²) in [6.45, 7) is 2.13. The van der Waals surface area contributed by atoms with E-state index in [9.17, 15) is 0 Å². The van der Waals surface area contributed by atoms with Crippen LogP contribution in [0.4, 0.5) is 10.8 Å². The van der Waals surface area contributed by atoms with Gasteiger partial charge in [-0.05, 0) is 22.9 Å². The average Bonchev–Trinajstić information content (AvgIpc) is 3.06. The van der Waals surface area contributed by atoms with E-state index in [-0.39, 0.29) is 5.38 Å². The maximum Gasteiger partial charge on any atom is 0.187 e. The van der Waals surface area contributed by atoms with Crippen molar-refractivity contribution < 1.29 is 0 Å². The first kappa shape index (κ1) is 15.4. The van der Waals surface area contributed by atoms with Crippen LogP contribution in [0.3, 0.4) is 0 Å². The summed E-state index contributed by atoms with van der Waals surface area (Å²) in [5.74, 6) is 0.322. The zero-order valence-corrected chi connectivity index (χ0v) is 14.8. The summed E-state index contributed by atoms with van der Waals surface area (Å²) >= 11 is 7.85. The molecule has 2 nitrogen and oxygen atoms in total.